The van der Waals surface area contributed by atoms with E-state index in [-0.39, 0.29) is 5.91 Å². The fourth-order valence-electron chi connectivity index (χ4n) is 3.34. The number of urea groups is 1. The molecular formula is C21H23N5O3S. The van der Waals surface area contributed by atoms with Gasteiger partial charge in [0.05, 0.1) is 23.4 Å². The van der Waals surface area contributed by atoms with E-state index in [2.05, 4.69) is 20.5 Å². The van der Waals surface area contributed by atoms with Crippen LogP contribution >= 0.6 is 11.3 Å². The first-order valence-corrected chi connectivity index (χ1v) is 10.5. The van der Waals surface area contributed by atoms with Gasteiger partial charge in [0.2, 0.25) is 5.91 Å². The Morgan fingerprint density at radius 3 is 2.67 bits per heavy atom. The molecule has 9 heteroatoms. The van der Waals surface area contributed by atoms with Crippen molar-refractivity contribution in [3.8, 4) is 0 Å². The van der Waals surface area contributed by atoms with Crippen molar-refractivity contribution in [2.24, 2.45) is 5.73 Å². The largest absolute Gasteiger partial charge is 0.378 e. The molecule has 1 saturated heterocycles. The second kappa shape index (κ2) is 9.10. The van der Waals surface area contributed by atoms with Gasteiger partial charge in [-0.25, -0.2) is 9.78 Å². The van der Waals surface area contributed by atoms with Crippen molar-refractivity contribution in [1.82, 2.24) is 10.3 Å². The Kier molecular flexibility index (Phi) is 6.10. The molecular weight excluding hydrogens is 402 g/mol. The molecule has 1 aliphatic rings. The van der Waals surface area contributed by atoms with Gasteiger partial charge in [0.15, 0.2) is 5.13 Å². The Bertz CT molecular complexity index is 1030. The molecule has 0 bridgehead atoms. The minimum atomic E-state index is -0.772. The minimum absolute atomic E-state index is 0.324. The number of hydrogen-bond acceptors (Lipinski definition) is 6. The van der Waals surface area contributed by atoms with Gasteiger partial charge in [-0.3, -0.25) is 4.79 Å². The Balaban J connectivity index is 1.49. The smallest absolute Gasteiger partial charge is 0.312 e. The number of primary amides is 1. The van der Waals surface area contributed by atoms with Crippen molar-refractivity contribution in [1.29, 1.82) is 0 Å². The van der Waals surface area contributed by atoms with Crippen molar-refractivity contribution < 1.29 is 14.3 Å². The molecule has 2 heterocycles. The summed E-state index contributed by atoms with van der Waals surface area (Å²) in [6.45, 7) is 3.05. The summed E-state index contributed by atoms with van der Waals surface area (Å²) in [6, 6.07) is 13.6. The zero-order valence-corrected chi connectivity index (χ0v) is 17.2. The Labute approximate surface area is 178 Å². The highest BCUT2D eigenvalue weighted by molar-refractivity contribution is 7.22. The third-order valence-corrected chi connectivity index (χ3v) is 5.92. The van der Waals surface area contributed by atoms with E-state index in [1.165, 1.54) is 0 Å². The van der Waals surface area contributed by atoms with Crippen molar-refractivity contribution in [2.45, 2.75) is 12.5 Å². The highest BCUT2D eigenvalue weighted by atomic mass is 32.1. The monoisotopic (exact) mass is 425 g/mol. The molecule has 2 aromatic carbocycles. The van der Waals surface area contributed by atoms with Gasteiger partial charge < -0.3 is 26.0 Å². The number of hydrogen-bond donors (Lipinski definition) is 3. The van der Waals surface area contributed by atoms with Gasteiger partial charge in [-0.2, -0.15) is 0 Å². The number of ether oxygens (including phenoxy) is 1. The van der Waals surface area contributed by atoms with Crippen LogP contribution < -0.4 is 21.3 Å². The van der Waals surface area contributed by atoms with Crippen molar-refractivity contribution in [2.75, 3.05) is 36.5 Å². The van der Waals surface area contributed by atoms with E-state index in [4.69, 9.17) is 10.5 Å². The number of aromatic nitrogens is 1. The predicted molar refractivity (Wildman–Crippen MR) is 118 cm³/mol. The number of morpholine rings is 1. The summed E-state index contributed by atoms with van der Waals surface area (Å²) in [5.41, 5.74) is 7.74. The summed E-state index contributed by atoms with van der Waals surface area (Å²) in [5, 5.41) is 6.37. The first-order valence-electron chi connectivity index (χ1n) is 9.72. The lowest BCUT2D eigenvalue weighted by molar-refractivity contribution is -0.117. The topological polar surface area (TPSA) is 110 Å². The van der Waals surface area contributed by atoms with Crippen LogP contribution in [0.15, 0.2) is 48.5 Å². The van der Waals surface area contributed by atoms with E-state index in [1.807, 2.05) is 48.5 Å². The van der Waals surface area contributed by atoms with Crippen LogP contribution in [0.5, 0.6) is 0 Å². The number of rotatable bonds is 6. The lowest BCUT2D eigenvalue weighted by Crippen LogP contribution is -2.47. The van der Waals surface area contributed by atoms with Crippen molar-refractivity contribution >= 4 is 44.3 Å². The SMILES string of the molecule is NC(=O)NC(Cc1ccccc1)C(=O)Nc1ccc2nc(N3CCOCC3)sc2c1. The molecule has 0 aliphatic carbocycles. The van der Waals surface area contributed by atoms with Gasteiger partial charge in [-0.15, -0.1) is 0 Å². The lowest BCUT2D eigenvalue weighted by Gasteiger charge is -2.25. The molecule has 0 radical (unpaired) electrons. The van der Waals surface area contributed by atoms with Gasteiger partial charge >= 0.3 is 6.03 Å². The molecule has 3 aromatic rings. The lowest BCUT2D eigenvalue weighted by atomic mass is 10.1. The van der Waals surface area contributed by atoms with E-state index in [0.29, 0.717) is 25.3 Å². The summed E-state index contributed by atoms with van der Waals surface area (Å²) >= 11 is 1.58. The quantitative estimate of drug-likeness (QED) is 0.562. The number of nitrogens with two attached hydrogens (primary N) is 1. The number of thiazole rings is 1. The summed E-state index contributed by atoms with van der Waals surface area (Å²) in [6.07, 6.45) is 0.347. The summed E-state index contributed by atoms with van der Waals surface area (Å²) in [7, 11) is 0. The number of carbonyl (C=O) groups is 2. The van der Waals surface area contributed by atoms with Crippen LogP contribution in [0.25, 0.3) is 10.2 Å². The number of fused-ring (bicyclic) bond motifs is 1. The fourth-order valence-corrected chi connectivity index (χ4v) is 4.40. The molecule has 1 unspecified atom stereocenters. The van der Waals surface area contributed by atoms with E-state index in [0.717, 1.165) is 34.0 Å². The molecule has 1 aliphatic heterocycles. The zero-order valence-electron chi connectivity index (χ0n) is 16.3. The van der Waals surface area contributed by atoms with Gasteiger partial charge in [-0.1, -0.05) is 41.7 Å². The van der Waals surface area contributed by atoms with Crippen LogP contribution in [0.4, 0.5) is 15.6 Å². The number of nitrogens with one attached hydrogen (secondary N) is 2. The Morgan fingerprint density at radius 2 is 1.93 bits per heavy atom. The van der Waals surface area contributed by atoms with Crippen LogP contribution in [-0.4, -0.2) is 49.3 Å². The Morgan fingerprint density at radius 1 is 1.17 bits per heavy atom. The number of benzene rings is 2. The molecule has 30 heavy (non-hydrogen) atoms. The first-order chi connectivity index (χ1) is 14.6. The van der Waals surface area contributed by atoms with Crippen LogP contribution in [0.1, 0.15) is 5.56 Å². The molecule has 0 saturated carbocycles. The standard InChI is InChI=1S/C21H23N5O3S/c22-20(28)24-17(12-14-4-2-1-3-5-14)19(27)23-15-6-7-16-18(13-15)30-21(25-16)26-8-10-29-11-9-26/h1-7,13,17H,8-12H2,(H,23,27)(H3,22,24,28). The number of amides is 3. The molecule has 8 nitrogen and oxygen atoms in total. The number of nitrogens with zero attached hydrogens (tertiary/aromatic N) is 2. The van der Waals surface area contributed by atoms with Crippen LogP contribution in [0.2, 0.25) is 0 Å². The molecule has 4 rings (SSSR count). The normalized spacial score (nSPS) is 15.0. The van der Waals surface area contributed by atoms with E-state index < -0.39 is 12.1 Å². The number of anilines is 2. The molecule has 4 N–H and O–H groups in total. The first kappa shape index (κ1) is 20.1. The molecule has 156 valence electrons. The average molecular weight is 426 g/mol. The molecule has 1 fully saturated rings. The van der Waals surface area contributed by atoms with Gasteiger partial charge in [-0.05, 0) is 23.8 Å². The van der Waals surface area contributed by atoms with Crippen LogP contribution in [0, 0.1) is 0 Å². The highest BCUT2D eigenvalue weighted by Gasteiger charge is 2.21. The number of carbonyl (C=O) groups excluding carboxylic acids is 2. The molecule has 3 amide bonds. The van der Waals surface area contributed by atoms with Crippen LogP contribution in [-0.2, 0) is 16.0 Å². The second-order valence-electron chi connectivity index (χ2n) is 7.02. The summed E-state index contributed by atoms with van der Waals surface area (Å²) in [5.74, 6) is -0.324. The molecule has 0 spiro atoms. The average Bonchev–Trinajstić information content (AvgIpc) is 3.18. The second-order valence-corrected chi connectivity index (χ2v) is 8.03. The molecule has 1 atom stereocenters. The maximum atomic E-state index is 12.8. The van der Waals surface area contributed by atoms with E-state index in [9.17, 15) is 9.59 Å². The highest BCUT2D eigenvalue weighted by Crippen LogP contribution is 2.31. The maximum absolute atomic E-state index is 12.8. The third kappa shape index (κ3) is 4.87. The van der Waals surface area contributed by atoms with Crippen molar-refractivity contribution in [3.63, 3.8) is 0 Å². The van der Waals surface area contributed by atoms with Gasteiger partial charge in [0.25, 0.3) is 0 Å². The third-order valence-electron chi connectivity index (χ3n) is 4.84. The van der Waals surface area contributed by atoms with Gasteiger partial charge in [0.1, 0.15) is 6.04 Å². The van der Waals surface area contributed by atoms with Gasteiger partial charge in [0, 0.05) is 25.2 Å². The Hall–Kier alpha value is -3.17. The van der Waals surface area contributed by atoms with Crippen molar-refractivity contribution in [3.05, 3.63) is 54.1 Å². The van der Waals surface area contributed by atoms with E-state index >= 15 is 0 Å². The van der Waals surface area contributed by atoms with E-state index in [1.54, 1.807) is 11.3 Å². The maximum Gasteiger partial charge on any atom is 0.312 e. The fraction of sp³-hybridized carbons (Fsp3) is 0.286. The predicted octanol–water partition coefficient (Wildman–Crippen LogP) is 2.35. The summed E-state index contributed by atoms with van der Waals surface area (Å²) in [4.78, 5) is 31.1. The summed E-state index contributed by atoms with van der Waals surface area (Å²) < 4.78 is 6.38. The molecule has 1 aromatic heterocycles. The minimum Gasteiger partial charge on any atom is -0.378 e. The van der Waals surface area contributed by atoms with Crippen LogP contribution in [0.3, 0.4) is 0 Å². The zero-order chi connectivity index (χ0) is 20.9.